The van der Waals surface area contributed by atoms with Crippen LogP contribution >= 0.6 is 11.6 Å². The molecule has 1 aliphatic carbocycles. The van der Waals surface area contributed by atoms with Gasteiger partial charge in [-0.1, -0.05) is 17.7 Å². The highest BCUT2D eigenvalue weighted by Crippen LogP contribution is 2.35. The molecule has 3 nitrogen and oxygen atoms in total. The molecule has 0 unspecified atom stereocenters. The zero-order chi connectivity index (χ0) is 17.6. The fourth-order valence-electron chi connectivity index (χ4n) is 3.21. The molecule has 3 aromatic rings. The summed E-state index contributed by atoms with van der Waals surface area (Å²) < 4.78 is 38.2. The summed E-state index contributed by atoms with van der Waals surface area (Å²) in [5.74, 6) is -1.18. The van der Waals surface area contributed by atoms with E-state index in [1.807, 2.05) is 0 Å². The minimum absolute atomic E-state index is 0.186. The molecular formula is C19H13ClF2O3. The molecule has 0 amide bonds. The molecule has 2 aromatic carbocycles. The Labute approximate surface area is 146 Å². The molecule has 0 radical (unpaired) electrons. The van der Waals surface area contributed by atoms with Crippen molar-refractivity contribution in [3.63, 3.8) is 0 Å². The fraction of sp³-hybridized carbons (Fsp3) is 0.211. The number of halogens is 3. The van der Waals surface area contributed by atoms with Gasteiger partial charge in [0.1, 0.15) is 29.6 Å². The van der Waals surface area contributed by atoms with Crippen molar-refractivity contribution in [2.45, 2.75) is 25.9 Å². The number of aryl methyl sites for hydroxylation is 1. The van der Waals surface area contributed by atoms with E-state index in [-0.39, 0.29) is 23.5 Å². The summed E-state index contributed by atoms with van der Waals surface area (Å²) in [6, 6.07) is 6.78. The van der Waals surface area contributed by atoms with Gasteiger partial charge in [-0.15, -0.1) is 0 Å². The molecule has 0 spiro atoms. The maximum absolute atomic E-state index is 13.7. The lowest BCUT2D eigenvalue weighted by atomic mass is 10.1. The normalized spacial score (nSPS) is 13.2. The highest BCUT2D eigenvalue weighted by molar-refractivity contribution is 6.32. The maximum Gasteiger partial charge on any atom is 0.339 e. The van der Waals surface area contributed by atoms with E-state index in [0.717, 1.165) is 35.9 Å². The van der Waals surface area contributed by atoms with E-state index in [2.05, 4.69) is 0 Å². The average molecular weight is 363 g/mol. The number of fused-ring (bicyclic) bond motifs is 3. The van der Waals surface area contributed by atoms with Crippen LogP contribution in [0.5, 0.6) is 5.75 Å². The standard InChI is InChI=1S/C19H13ClF2O3/c20-14-7-12-10-3-1-4-11(10)19(23)25-17(12)8-18(14)24-9-13-15(21)5-2-6-16(13)22/h2,5-8H,1,3-4,9H2. The lowest BCUT2D eigenvalue weighted by Crippen LogP contribution is -2.07. The third-order valence-corrected chi connectivity index (χ3v) is 4.76. The van der Waals surface area contributed by atoms with Crippen molar-refractivity contribution in [1.29, 1.82) is 0 Å². The zero-order valence-electron chi connectivity index (χ0n) is 13.1. The second-order valence-electron chi connectivity index (χ2n) is 5.97. The van der Waals surface area contributed by atoms with E-state index in [1.54, 1.807) is 6.07 Å². The van der Waals surface area contributed by atoms with Crippen LogP contribution in [-0.2, 0) is 19.4 Å². The second kappa shape index (κ2) is 6.15. The van der Waals surface area contributed by atoms with E-state index in [0.29, 0.717) is 22.6 Å². The van der Waals surface area contributed by atoms with Gasteiger partial charge in [-0.3, -0.25) is 0 Å². The van der Waals surface area contributed by atoms with Crippen LogP contribution in [0.25, 0.3) is 11.0 Å². The quantitative estimate of drug-likeness (QED) is 0.629. The van der Waals surface area contributed by atoms with Crippen LogP contribution in [-0.4, -0.2) is 0 Å². The molecule has 4 rings (SSSR count). The van der Waals surface area contributed by atoms with Crippen molar-refractivity contribution in [1.82, 2.24) is 0 Å². The minimum Gasteiger partial charge on any atom is -0.487 e. The zero-order valence-corrected chi connectivity index (χ0v) is 13.8. The summed E-state index contributed by atoms with van der Waals surface area (Å²) in [5, 5.41) is 1.08. The predicted molar refractivity (Wildman–Crippen MR) is 90.2 cm³/mol. The molecule has 1 heterocycles. The highest BCUT2D eigenvalue weighted by Gasteiger charge is 2.21. The summed E-state index contributed by atoms with van der Waals surface area (Å²) >= 11 is 6.26. The minimum atomic E-state index is -0.693. The fourth-order valence-corrected chi connectivity index (χ4v) is 3.43. The Morgan fingerprint density at radius 1 is 1.12 bits per heavy atom. The van der Waals surface area contributed by atoms with E-state index in [1.165, 1.54) is 12.1 Å². The molecule has 25 heavy (non-hydrogen) atoms. The number of rotatable bonds is 3. The van der Waals surface area contributed by atoms with Gasteiger partial charge in [-0.2, -0.15) is 0 Å². The Bertz CT molecular complexity index is 1020. The molecule has 0 bridgehead atoms. The molecule has 0 aliphatic heterocycles. The Balaban J connectivity index is 1.72. The van der Waals surface area contributed by atoms with Crippen molar-refractivity contribution >= 4 is 22.6 Å². The van der Waals surface area contributed by atoms with Crippen LogP contribution in [0.1, 0.15) is 23.1 Å². The molecule has 0 fully saturated rings. The van der Waals surface area contributed by atoms with Gasteiger partial charge >= 0.3 is 5.63 Å². The number of ether oxygens (including phenoxy) is 1. The van der Waals surface area contributed by atoms with E-state index >= 15 is 0 Å². The second-order valence-corrected chi connectivity index (χ2v) is 6.38. The van der Waals surface area contributed by atoms with Crippen molar-refractivity contribution < 1.29 is 17.9 Å². The number of hydrogen-bond donors (Lipinski definition) is 0. The Hall–Kier alpha value is -2.40. The van der Waals surface area contributed by atoms with Crippen LogP contribution in [0, 0.1) is 11.6 Å². The highest BCUT2D eigenvalue weighted by atomic mass is 35.5. The molecule has 1 aromatic heterocycles. The van der Waals surface area contributed by atoms with Gasteiger partial charge in [0.15, 0.2) is 0 Å². The molecule has 6 heteroatoms. The Kier molecular flexibility index (Phi) is 3.96. The monoisotopic (exact) mass is 362 g/mol. The molecule has 128 valence electrons. The first-order valence-corrected chi connectivity index (χ1v) is 8.26. The van der Waals surface area contributed by atoms with Crippen molar-refractivity contribution in [2.75, 3.05) is 0 Å². The SMILES string of the molecule is O=c1oc2cc(OCc3c(F)cccc3F)c(Cl)cc2c2c1CCC2. The first kappa shape index (κ1) is 16.1. The van der Waals surface area contributed by atoms with Gasteiger partial charge in [0.05, 0.1) is 10.6 Å². The lowest BCUT2D eigenvalue weighted by Gasteiger charge is -2.11. The third kappa shape index (κ3) is 2.78. The van der Waals surface area contributed by atoms with Crippen molar-refractivity contribution in [3.05, 3.63) is 74.1 Å². The molecule has 0 saturated carbocycles. The maximum atomic E-state index is 13.7. The van der Waals surface area contributed by atoms with Crippen LogP contribution < -0.4 is 10.4 Å². The predicted octanol–water partition coefficient (Wildman–Crippen LogP) is 4.79. The van der Waals surface area contributed by atoms with Gasteiger partial charge in [0.25, 0.3) is 0 Å². The van der Waals surface area contributed by atoms with Crippen LogP contribution in [0.2, 0.25) is 5.02 Å². The summed E-state index contributed by atoms with van der Waals surface area (Å²) in [6.07, 6.45) is 2.41. The first-order valence-electron chi connectivity index (χ1n) is 7.88. The van der Waals surface area contributed by atoms with Crippen LogP contribution in [0.3, 0.4) is 0 Å². The lowest BCUT2D eigenvalue weighted by molar-refractivity contribution is 0.292. The van der Waals surface area contributed by atoms with Crippen LogP contribution in [0.15, 0.2) is 39.5 Å². The summed E-state index contributed by atoms with van der Waals surface area (Å²) in [7, 11) is 0. The Morgan fingerprint density at radius 2 is 1.84 bits per heavy atom. The van der Waals surface area contributed by atoms with Crippen LogP contribution in [0.4, 0.5) is 8.78 Å². The Morgan fingerprint density at radius 3 is 2.60 bits per heavy atom. The van der Waals surface area contributed by atoms with Crippen molar-refractivity contribution in [2.24, 2.45) is 0 Å². The van der Waals surface area contributed by atoms with Gasteiger partial charge in [-0.05, 0) is 43.0 Å². The summed E-state index contributed by atoms with van der Waals surface area (Å²) in [4.78, 5) is 12.1. The largest absolute Gasteiger partial charge is 0.487 e. The summed E-state index contributed by atoms with van der Waals surface area (Å²) in [6.45, 7) is -0.321. The van der Waals surface area contributed by atoms with Gasteiger partial charge in [-0.25, -0.2) is 13.6 Å². The third-order valence-electron chi connectivity index (χ3n) is 4.46. The topological polar surface area (TPSA) is 39.4 Å². The number of benzene rings is 2. The van der Waals surface area contributed by atoms with Crippen molar-refractivity contribution in [3.8, 4) is 5.75 Å². The average Bonchev–Trinajstić information content (AvgIpc) is 3.06. The van der Waals surface area contributed by atoms with Gasteiger partial charge < -0.3 is 9.15 Å². The van der Waals surface area contributed by atoms with Gasteiger partial charge in [0, 0.05) is 17.0 Å². The van der Waals surface area contributed by atoms with E-state index in [9.17, 15) is 13.6 Å². The molecule has 0 N–H and O–H groups in total. The molecular weight excluding hydrogens is 350 g/mol. The first-order chi connectivity index (χ1) is 12.0. The molecule has 0 atom stereocenters. The summed E-state index contributed by atoms with van der Waals surface area (Å²) in [5.41, 5.74) is 1.48. The smallest absolute Gasteiger partial charge is 0.339 e. The molecule has 0 saturated heterocycles. The number of hydrogen-bond acceptors (Lipinski definition) is 3. The van der Waals surface area contributed by atoms with E-state index in [4.69, 9.17) is 20.8 Å². The van der Waals surface area contributed by atoms with Gasteiger partial charge in [0.2, 0.25) is 0 Å². The van der Waals surface area contributed by atoms with E-state index < -0.39 is 11.6 Å². The molecule has 1 aliphatic rings.